The fraction of sp³-hybridized carbons (Fsp3) is 0.579. The molecule has 24 heavy (non-hydrogen) atoms. The lowest BCUT2D eigenvalue weighted by Gasteiger charge is -2.39. The van der Waals surface area contributed by atoms with Crippen LogP contribution < -0.4 is 0 Å². The molecule has 0 radical (unpaired) electrons. The Hall–Kier alpha value is -1.49. The third kappa shape index (κ3) is 3.61. The van der Waals surface area contributed by atoms with E-state index >= 15 is 0 Å². The predicted molar refractivity (Wildman–Crippen MR) is 98.0 cm³/mol. The smallest absolute Gasteiger partial charge is 0.232 e. The topological polar surface area (TPSA) is 40.6 Å². The zero-order chi connectivity index (χ0) is 17.0. The van der Waals surface area contributed by atoms with Crippen LogP contribution in [0.5, 0.6) is 0 Å². The fourth-order valence-corrected chi connectivity index (χ4v) is 4.38. The van der Waals surface area contributed by atoms with Crippen LogP contribution in [-0.2, 0) is 16.0 Å². The number of thioether (sulfide) groups is 1. The molecule has 0 bridgehead atoms. The Morgan fingerprint density at radius 1 is 1.21 bits per heavy atom. The second-order valence-corrected chi connectivity index (χ2v) is 7.78. The molecule has 1 spiro atoms. The normalized spacial score (nSPS) is 24.0. The lowest BCUT2D eigenvalue weighted by atomic mass is 9.78. The quantitative estimate of drug-likeness (QED) is 0.822. The van der Waals surface area contributed by atoms with Crippen LogP contribution in [0.2, 0.25) is 0 Å². The molecule has 2 aliphatic heterocycles. The number of benzene rings is 1. The van der Waals surface area contributed by atoms with Gasteiger partial charge in [-0.05, 0) is 37.5 Å². The summed E-state index contributed by atoms with van der Waals surface area (Å²) in [4.78, 5) is 29.2. The van der Waals surface area contributed by atoms with E-state index in [1.54, 1.807) is 11.8 Å². The van der Waals surface area contributed by atoms with Gasteiger partial charge in [-0.15, -0.1) is 0 Å². The van der Waals surface area contributed by atoms with Crippen LogP contribution in [0, 0.1) is 5.41 Å². The highest BCUT2D eigenvalue weighted by molar-refractivity contribution is 7.99. The molecule has 2 aliphatic rings. The molecule has 0 N–H and O–H groups in total. The Bertz CT molecular complexity index is 592. The molecule has 1 atom stereocenters. The van der Waals surface area contributed by atoms with Crippen LogP contribution in [-0.4, -0.2) is 59.8 Å². The number of rotatable bonds is 5. The van der Waals surface area contributed by atoms with Gasteiger partial charge in [-0.1, -0.05) is 30.3 Å². The Morgan fingerprint density at radius 3 is 2.75 bits per heavy atom. The lowest BCUT2D eigenvalue weighted by Crippen LogP contribution is -2.51. The number of carbonyl (C=O) groups excluding carboxylic acids is 2. The van der Waals surface area contributed by atoms with E-state index in [0.717, 1.165) is 45.3 Å². The van der Waals surface area contributed by atoms with E-state index in [-0.39, 0.29) is 17.2 Å². The maximum absolute atomic E-state index is 13.1. The zero-order valence-electron chi connectivity index (χ0n) is 14.4. The number of hydrogen-bond acceptors (Lipinski definition) is 3. The van der Waals surface area contributed by atoms with E-state index < -0.39 is 0 Å². The summed E-state index contributed by atoms with van der Waals surface area (Å²) in [6.07, 6.45) is 5.65. The Labute approximate surface area is 148 Å². The van der Waals surface area contributed by atoms with Gasteiger partial charge in [0.1, 0.15) is 0 Å². The summed E-state index contributed by atoms with van der Waals surface area (Å²) in [5.74, 6) is 0.958. The first-order valence-corrected chi connectivity index (χ1v) is 10.1. The number of nitrogens with zero attached hydrogens (tertiary/aromatic N) is 2. The van der Waals surface area contributed by atoms with Crippen LogP contribution in [0.3, 0.4) is 0 Å². The van der Waals surface area contributed by atoms with Crippen molar-refractivity contribution < 1.29 is 9.59 Å². The molecule has 2 fully saturated rings. The minimum Gasteiger partial charge on any atom is -0.342 e. The second kappa shape index (κ2) is 7.60. The molecule has 0 aromatic heterocycles. The van der Waals surface area contributed by atoms with Gasteiger partial charge in [0.2, 0.25) is 11.8 Å². The molecule has 0 aliphatic carbocycles. The number of likely N-dealkylation sites (tertiary alicyclic amines) is 2. The average molecular weight is 346 g/mol. The summed E-state index contributed by atoms with van der Waals surface area (Å²) < 4.78 is 0. The lowest BCUT2D eigenvalue weighted by molar-refractivity contribution is -0.146. The van der Waals surface area contributed by atoms with Gasteiger partial charge >= 0.3 is 0 Å². The summed E-state index contributed by atoms with van der Waals surface area (Å²) in [6, 6.07) is 10.3. The van der Waals surface area contributed by atoms with E-state index in [4.69, 9.17) is 0 Å². The van der Waals surface area contributed by atoms with Crippen molar-refractivity contribution in [2.24, 2.45) is 5.41 Å². The number of amides is 2. The Morgan fingerprint density at radius 2 is 2.00 bits per heavy atom. The van der Waals surface area contributed by atoms with Gasteiger partial charge in [0.25, 0.3) is 0 Å². The molecule has 3 rings (SSSR count). The fourth-order valence-electron chi connectivity index (χ4n) is 3.95. The molecule has 1 aromatic rings. The van der Waals surface area contributed by atoms with Gasteiger partial charge in [0.15, 0.2) is 0 Å². The predicted octanol–water partition coefficient (Wildman–Crippen LogP) is 2.43. The molecule has 2 saturated heterocycles. The first-order chi connectivity index (χ1) is 11.6. The standard InChI is InChI=1S/C19H26N2O2S/c1-24-14-17(22)21-13-10-19(15-21)9-5-11-20(18(19)23)12-8-16-6-3-2-4-7-16/h2-4,6-7H,5,8-15H2,1H3/t19-/m1/s1. The highest BCUT2D eigenvalue weighted by Gasteiger charge is 2.49. The number of piperidine rings is 1. The molecule has 4 nitrogen and oxygen atoms in total. The van der Waals surface area contributed by atoms with E-state index in [0.29, 0.717) is 12.3 Å². The van der Waals surface area contributed by atoms with Crippen molar-refractivity contribution in [2.75, 3.05) is 38.2 Å². The van der Waals surface area contributed by atoms with Gasteiger partial charge < -0.3 is 9.80 Å². The number of hydrogen-bond donors (Lipinski definition) is 0. The van der Waals surface area contributed by atoms with Crippen molar-refractivity contribution in [1.82, 2.24) is 9.80 Å². The first kappa shape index (κ1) is 17.3. The Balaban J connectivity index is 1.62. The van der Waals surface area contributed by atoms with E-state index in [1.165, 1.54) is 5.56 Å². The minimum atomic E-state index is -0.316. The summed E-state index contributed by atoms with van der Waals surface area (Å²) in [5, 5.41) is 0. The molecule has 2 amide bonds. The van der Waals surface area contributed by atoms with Gasteiger partial charge in [-0.2, -0.15) is 11.8 Å². The van der Waals surface area contributed by atoms with Gasteiger partial charge in [-0.3, -0.25) is 9.59 Å². The SMILES string of the molecule is CSCC(=O)N1CC[C@]2(CCCN(CCc3ccccc3)C2=O)C1. The molecular formula is C19H26N2O2S. The molecule has 5 heteroatoms. The van der Waals surface area contributed by atoms with Crippen molar-refractivity contribution in [3.63, 3.8) is 0 Å². The highest BCUT2D eigenvalue weighted by Crippen LogP contribution is 2.40. The van der Waals surface area contributed by atoms with Gasteiger partial charge in [0.05, 0.1) is 11.2 Å². The largest absolute Gasteiger partial charge is 0.342 e. The minimum absolute atomic E-state index is 0.175. The first-order valence-electron chi connectivity index (χ1n) is 8.75. The van der Waals surface area contributed by atoms with Crippen LogP contribution >= 0.6 is 11.8 Å². The average Bonchev–Trinajstić information content (AvgIpc) is 3.03. The summed E-state index contributed by atoms with van der Waals surface area (Å²) >= 11 is 1.55. The summed E-state index contributed by atoms with van der Waals surface area (Å²) in [7, 11) is 0. The second-order valence-electron chi connectivity index (χ2n) is 6.91. The Kier molecular flexibility index (Phi) is 5.49. The monoisotopic (exact) mass is 346 g/mol. The van der Waals surface area contributed by atoms with Crippen LogP contribution in [0.15, 0.2) is 30.3 Å². The summed E-state index contributed by atoms with van der Waals surface area (Å²) in [6.45, 7) is 2.99. The van der Waals surface area contributed by atoms with E-state index in [1.807, 2.05) is 34.3 Å². The van der Waals surface area contributed by atoms with Crippen molar-refractivity contribution in [3.05, 3.63) is 35.9 Å². The van der Waals surface area contributed by atoms with E-state index in [2.05, 4.69) is 12.1 Å². The van der Waals surface area contributed by atoms with Crippen LogP contribution in [0.1, 0.15) is 24.8 Å². The molecule has 130 valence electrons. The third-order valence-electron chi connectivity index (χ3n) is 5.31. The van der Waals surface area contributed by atoms with Crippen molar-refractivity contribution in [1.29, 1.82) is 0 Å². The van der Waals surface area contributed by atoms with Crippen molar-refractivity contribution >= 4 is 23.6 Å². The maximum Gasteiger partial charge on any atom is 0.232 e. The maximum atomic E-state index is 13.1. The van der Waals surface area contributed by atoms with Crippen LogP contribution in [0.25, 0.3) is 0 Å². The van der Waals surface area contributed by atoms with Crippen LogP contribution in [0.4, 0.5) is 0 Å². The molecule has 2 heterocycles. The van der Waals surface area contributed by atoms with Crippen molar-refractivity contribution in [3.8, 4) is 0 Å². The number of carbonyl (C=O) groups is 2. The van der Waals surface area contributed by atoms with Gasteiger partial charge in [0, 0.05) is 26.2 Å². The van der Waals surface area contributed by atoms with Gasteiger partial charge in [-0.25, -0.2) is 0 Å². The molecule has 0 saturated carbocycles. The van der Waals surface area contributed by atoms with Crippen molar-refractivity contribution in [2.45, 2.75) is 25.7 Å². The summed E-state index contributed by atoms with van der Waals surface area (Å²) in [5.41, 5.74) is 0.955. The molecule has 1 aromatic carbocycles. The molecule has 0 unspecified atom stereocenters. The molecular weight excluding hydrogens is 320 g/mol. The highest BCUT2D eigenvalue weighted by atomic mass is 32.2. The van der Waals surface area contributed by atoms with E-state index in [9.17, 15) is 9.59 Å². The zero-order valence-corrected chi connectivity index (χ0v) is 15.2. The third-order valence-corrected chi connectivity index (χ3v) is 5.85.